The Balaban J connectivity index is 1.76. The van der Waals surface area contributed by atoms with Crippen molar-refractivity contribution in [3.05, 3.63) is 51.4 Å². The first-order chi connectivity index (χ1) is 11.9. The molecule has 3 rings (SSSR count). The maximum absolute atomic E-state index is 12.4. The molecule has 2 aromatic heterocycles. The van der Waals surface area contributed by atoms with Crippen molar-refractivity contribution in [3.8, 4) is 0 Å². The first-order valence-corrected chi connectivity index (χ1v) is 8.90. The minimum absolute atomic E-state index is 0.127. The van der Waals surface area contributed by atoms with Gasteiger partial charge in [0.15, 0.2) is 5.16 Å². The quantitative estimate of drug-likeness (QED) is 0.556. The third-order valence-electron chi connectivity index (χ3n) is 4.16. The first-order valence-electron chi connectivity index (χ1n) is 7.92. The van der Waals surface area contributed by atoms with Gasteiger partial charge in [0.25, 0.3) is 5.56 Å². The highest BCUT2D eigenvalue weighted by atomic mass is 32.2. The minimum atomic E-state index is -0.143. The van der Waals surface area contributed by atoms with E-state index in [0.29, 0.717) is 16.2 Å². The fraction of sp³-hybridized carbons (Fsp3) is 0.278. The minimum Gasteiger partial charge on any atom is -0.353 e. The van der Waals surface area contributed by atoms with Crippen LogP contribution in [0.4, 0.5) is 5.69 Å². The second-order valence-electron chi connectivity index (χ2n) is 6.06. The van der Waals surface area contributed by atoms with Crippen LogP contribution in [0, 0.1) is 20.8 Å². The molecule has 0 atom stereocenters. The van der Waals surface area contributed by atoms with E-state index < -0.39 is 0 Å². The molecule has 25 heavy (non-hydrogen) atoms. The van der Waals surface area contributed by atoms with Gasteiger partial charge in [-0.15, -0.1) is 0 Å². The number of hydrogen-bond donors (Lipinski definition) is 2. The van der Waals surface area contributed by atoms with Gasteiger partial charge in [0.2, 0.25) is 5.91 Å². The van der Waals surface area contributed by atoms with Crippen LogP contribution in [-0.2, 0) is 11.8 Å². The Kier molecular flexibility index (Phi) is 4.67. The summed E-state index contributed by atoms with van der Waals surface area (Å²) in [7, 11) is 1.66. The fourth-order valence-corrected chi connectivity index (χ4v) is 3.36. The largest absolute Gasteiger partial charge is 0.353 e. The Morgan fingerprint density at radius 1 is 1.32 bits per heavy atom. The lowest BCUT2D eigenvalue weighted by molar-refractivity contribution is -0.113. The van der Waals surface area contributed by atoms with Crippen molar-refractivity contribution in [2.75, 3.05) is 11.1 Å². The average Bonchev–Trinajstić information content (AvgIpc) is 2.94. The zero-order chi connectivity index (χ0) is 18.1. The summed E-state index contributed by atoms with van der Waals surface area (Å²) >= 11 is 1.25. The van der Waals surface area contributed by atoms with Gasteiger partial charge in [-0.05, 0) is 44.0 Å². The number of carbonyl (C=O) groups is 1. The van der Waals surface area contributed by atoms with Crippen LogP contribution in [0.3, 0.4) is 0 Å². The van der Waals surface area contributed by atoms with Crippen molar-refractivity contribution in [2.45, 2.75) is 25.9 Å². The highest BCUT2D eigenvalue weighted by molar-refractivity contribution is 7.99. The predicted octanol–water partition coefficient (Wildman–Crippen LogP) is 2.92. The van der Waals surface area contributed by atoms with Gasteiger partial charge >= 0.3 is 0 Å². The molecule has 0 bridgehead atoms. The molecule has 0 aliphatic rings. The summed E-state index contributed by atoms with van der Waals surface area (Å²) < 4.78 is 1.47. The van der Waals surface area contributed by atoms with Crippen LogP contribution in [0.25, 0.3) is 11.0 Å². The van der Waals surface area contributed by atoms with Gasteiger partial charge in [-0.1, -0.05) is 23.9 Å². The number of rotatable bonds is 4. The van der Waals surface area contributed by atoms with Crippen molar-refractivity contribution >= 4 is 34.4 Å². The lowest BCUT2D eigenvalue weighted by Gasteiger charge is -2.11. The van der Waals surface area contributed by atoms with E-state index in [9.17, 15) is 9.59 Å². The highest BCUT2D eigenvalue weighted by Gasteiger charge is 2.13. The SMILES string of the molecule is Cc1cc2nc(SCC(=O)Nc3cccc(C)c3C)n(C)c(=O)c2[nH]1. The summed E-state index contributed by atoms with van der Waals surface area (Å²) in [6, 6.07) is 7.64. The summed E-state index contributed by atoms with van der Waals surface area (Å²) in [6.45, 7) is 5.87. The van der Waals surface area contributed by atoms with Crippen molar-refractivity contribution in [1.82, 2.24) is 14.5 Å². The second-order valence-corrected chi connectivity index (χ2v) is 7.00. The molecule has 0 unspecified atom stereocenters. The van der Waals surface area contributed by atoms with Crippen LogP contribution < -0.4 is 10.9 Å². The number of hydrogen-bond acceptors (Lipinski definition) is 4. The average molecular weight is 356 g/mol. The zero-order valence-electron chi connectivity index (χ0n) is 14.6. The van der Waals surface area contributed by atoms with Gasteiger partial charge in [0.05, 0.1) is 11.3 Å². The van der Waals surface area contributed by atoms with E-state index in [1.807, 2.05) is 45.0 Å². The first kappa shape index (κ1) is 17.3. The Bertz CT molecular complexity index is 1020. The van der Waals surface area contributed by atoms with Gasteiger partial charge in [-0.25, -0.2) is 4.98 Å². The maximum atomic E-state index is 12.4. The van der Waals surface area contributed by atoms with E-state index in [2.05, 4.69) is 15.3 Å². The lowest BCUT2D eigenvalue weighted by Crippen LogP contribution is -2.21. The van der Waals surface area contributed by atoms with Gasteiger partial charge in [0.1, 0.15) is 5.52 Å². The van der Waals surface area contributed by atoms with Crippen molar-refractivity contribution in [2.24, 2.45) is 7.05 Å². The Morgan fingerprint density at radius 2 is 2.08 bits per heavy atom. The topological polar surface area (TPSA) is 79.8 Å². The molecule has 6 nitrogen and oxygen atoms in total. The molecule has 0 saturated heterocycles. The Hall–Kier alpha value is -2.54. The van der Waals surface area contributed by atoms with Crippen LogP contribution in [0.1, 0.15) is 16.8 Å². The Labute approximate surface area is 149 Å². The number of nitrogens with one attached hydrogen (secondary N) is 2. The number of aromatic nitrogens is 3. The van der Waals surface area contributed by atoms with E-state index >= 15 is 0 Å². The molecule has 3 aromatic rings. The second kappa shape index (κ2) is 6.76. The van der Waals surface area contributed by atoms with Gasteiger partial charge in [0, 0.05) is 18.4 Å². The number of thioether (sulfide) groups is 1. The monoisotopic (exact) mass is 356 g/mol. The van der Waals surface area contributed by atoms with Crippen LogP contribution >= 0.6 is 11.8 Å². The molecule has 0 fully saturated rings. The van der Waals surface area contributed by atoms with Crippen molar-refractivity contribution in [1.29, 1.82) is 0 Å². The van der Waals surface area contributed by atoms with Gasteiger partial charge in [-0.3, -0.25) is 14.2 Å². The number of aromatic amines is 1. The third kappa shape index (κ3) is 3.46. The summed E-state index contributed by atoms with van der Waals surface area (Å²) in [4.78, 5) is 32.1. The molecule has 2 N–H and O–H groups in total. The lowest BCUT2D eigenvalue weighted by atomic mass is 10.1. The number of H-pyrrole nitrogens is 1. The summed E-state index contributed by atoms with van der Waals surface area (Å²) in [5.41, 5.74) is 4.84. The van der Waals surface area contributed by atoms with Crippen LogP contribution in [0.2, 0.25) is 0 Å². The molecule has 130 valence electrons. The molecule has 0 aliphatic heterocycles. The highest BCUT2D eigenvalue weighted by Crippen LogP contribution is 2.20. The smallest absolute Gasteiger partial charge is 0.278 e. The molecule has 7 heteroatoms. The predicted molar refractivity (Wildman–Crippen MR) is 101 cm³/mol. The van der Waals surface area contributed by atoms with E-state index in [-0.39, 0.29) is 17.2 Å². The fourth-order valence-electron chi connectivity index (χ4n) is 2.59. The summed E-state index contributed by atoms with van der Waals surface area (Å²) in [6.07, 6.45) is 0. The van der Waals surface area contributed by atoms with Crippen molar-refractivity contribution in [3.63, 3.8) is 0 Å². The zero-order valence-corrected chi connectivity index (χ0v) is 15.5. The number of benzene rings is 1. The van der Waals surface area contributed by atoms with E-state index in [1.165, 1.54) is 16.3 Å². The number of aryl methyl sites for hydroxylation is 2. The summed E-state index contributed by atoms with van der Waals surface area (Å²) in [5.74, 6) is 0.0565. The molecule has 0 radical (unpaired) electrons. The third-order valence-corrected chi connectivity index (χ3v) is 5.19. The van der Waals surface area contributed by atoms with Crippen LogP contribution in [0.15, 0.2) is 34.2 Å². The molecule has 0 spiro atoms. The molecular weight excluding hydrogens is 336 g/mol. The number of fused-ring (bicyclic) bond motifs is 1. The van der Waals surface area contributed by atoms with Crippen LogP contribution in [-0.4, -0.2) is 26.2 Å². The maximum Gasteiger partial charge on any atom is 0.278 e. The molecule has 2 heterocycles. The van der Waals surface area contributed by atoms with E-state index in [4.69, 9.17) is 0 Å². The van der Waals surface area contributed by atoms with Crippen molar-refractivity contribution < 1.29 is 4.79 Å². The number of anilines is 1. The standard InChI is InChI=1S/C18H20N4O2S/c1-10-6-5-7-13(12(10)3)20-15(23)9-25-18-21-14-8-11(2)19-16(14)17(24)22(18)4/h5-8,19H,9H2,1-4H3,(H,20,23). The number of amides is 1. The van der Waals surface area contributed by atoms with Gasteiger partial charge in [-0.2, -0.15) is 0 Å². The summed E-state index contributed by atoms with van der Waals surface area (Å²) in [5, 5.41) is 3.44. The van der Waals surface area contributed by atoms with E-state index in [0.717, 1.165) is 22.5 Å². The van der Waals surface area contributed by atoms with Crippen LogP contribution in [0.5, 0.6) is 0 Å². The number of carbonyl (C=O) groups excluding carboxylic acids is 1. The normalized spacial score (nSPS) is 11.0. The van der Waals surface area contributed by atoms with Gasteiger partial charge < -0.3 is 10.3 Å². The molecule has 1 amide bonds. The molecule has 0 saturated carbocycles. The van der Waals surface area contributed by atoms with E-state index in [1.54, 1.807) is 7.05 Å². The molecule has 0 aliphatic carbocycles. The number of nitrogens with zero attached hydrogens (tertiary/aromatic N) is 2. The molecule has 1 aromatic carbocycles. The Morgan fingerprint density at radius 3 is 2.84 bits per heavy atom. The molecular formula is C18H20N4O2S.